The third-order valence-electron chi connectivity index (χ3n) is 5.91. The van der Waals surface area contributed by atoms with Crippen LogP contribution in [0.2, 0.25) is 5.02 Å². The van der Waals surface area contributed by atoms with E-state index >= 15 is 0 Å². The first-order valence-electron chi connectivity index (χ1n) is 11.6. The summed E-state index contributed by atoms with van der Waals surface area (Å²) in [7, 11) is 0. The number of aryl methyl sites for hydroxylation is 1. The molecule has 1 aliphatic heterocycles. The van der Waals surface area contributed by atoms with Crippen molar-refractivity contribution in [3.63, 3.8) is 0 Å². The molecular weight excluding hydrogens is 466 g/mol. The molecule has 1 aromatic carbocycles. The van der Waals surface area contributed by atoms with Gasteiger partial charge in [-0.3, -0.25) is 14.7 Å². The molecule has 2 aromatic rings. The average molecular weight is 498 g/mol. The highest BCUT2D eigenvalue weighted by molar-refractivity contribution is 6.31. The van der Waals surface area contributed by atoms with Crippen LogP contribution in [0.1, 0.15) is 60.4 Å². The van der Waals surface area contributed by atoms with E-state index < -0.39 is 5.60 Å². The topological polar surface area (TPSA) is 98.6 Å². The predicted octanol–water partition coefficient (Wildman–Crippen LogP) is 4.92. The maximum Gasteiger partial charge on any atom is 0.410 e. The summed E-state index contributed by atoms with van der Waals surface area (Å²) in [6, 6.07) is 7.26. The number of amides is 2. The van der Waals surface area contributed by atoms with Crippen LogP contribution in [0.15, 0.2) is 24.4 Å². The molecule has 3 rings (SSSR count). The van der Waals surface area contributed by atoms with Crippen molar-refractivity contribution in [3.05, 3.63) is 57.4 Å². The van der Waals surface area contributed by atoms with Gasteiger partial charge >= 0.3 is 6.09 Å². The van der Waals surface area contributed by atoms with E-state index in [4.69, 9.17) is 16.3 Å². The number of nitrogens with one attached hydrogen (secondary N) is 1. The largest absolute Gasteiger partial charge is 0.444 e. The van der Waals surface area contributed by atoms with Gasteiger partial charge in [0.2, 0.25) is 0 Å². The van der Waals surface area contributed by atoms with Crippen molar-refractivity contribution in [2.75, 3.05) is 25.0 Å². The molecule has 9 heteroatoms. The van der Waals surface area contributed by atoms with Crippen LogP contribution < -0.4 is 5.32 Å². The summed E-state index contributed by atoms with van der Waals surface area (Å²) in [5.74, 6) is -0.344. The standard InChI is InChI=1S/C26H32ClN5O3/c1-16-14-31(7-8-32(16)25(34)35-26(4,5)6)15-21-9-19(12-28)10-23(17(21)2)30-24(33)20-11-22(27)18(3)29-13-20/h9-11,13,16H,7-8,14-15H2,1-6H3,(H,30,33). The summed E-state index contributed by atoms with van der Waals surface area (Å²) < 4.78 is 5.53. The molecule has 0 aliphatic carbocycles. The van der Waals surface area contributed by atoms with Crippen LogP contribution in [0.5, 0.6) is 0 Å². The Bertz CT molecular complexity index is 1170. The first kappa shape index (κ1) is 26.5. The molecule has 8 nitrogen and oxygen atoms in total. The number of rotatable bonds is 4. The molecule has 1 aromatic heterocycles. The fourth-order valence-electron chi connectivity index (χ4n) is 3.97. The van der Waals surface area contributed by atoms with Gasteiger partial charge in [0.05, 0.1) is 27.9 Å². The Labute approximate surface area is 211 Å². The highest BCUT2D eigenvalue weighted by Crippen LogP contribution is 2.26. The van der Waals surface area contributed by atoms with Gasteiger partial charge in [-0.15, -0.1) is 0 Å². The van der Waals surface area contributed by atoms with Crippen molar-refractivity contribution in [2.24, 2.45) is 0 Å². The number of piperazine rings is 1. The van der Waals surface area contributed by atoms with E-state index in [1.807, 2.05) is 40.7 Å². The summed E-state index contributed by atoms with van der Waals surface area (Å²) in [4.78, 5) is 33.5. The van der Waals surface area contributed by atoms with Gasteiger partial charge in [-0.25, -0.2) is 4.79 Å². The highest BCUT2D eigenvalue weighted by atomic mass is 35.5. The number of hydrogen-bond acceptors (Lipinski definition) is 6. The molecule has 0 spiro atoms. The first-order valence-corrected chi connectivity index (χ1v) is 11.9. The van der Waals surface area contributed by atoms with Gasteiger partial charge in [-0.1, -0.05) is 11.6 Å². The molecule has 35 heavy (non-hydrogen) atoms. The number of nitriles is 1. The summed E-state index contributed by atoms with van der Waals surface area (Å²) in [5.41, 5.74) is 3.31. The van der Waals surface area contributed by atoms with Gasteiger partial charge in [0, 0.05) is 44.1 Å². The molecule has 1 fully saturated rings. The van der Waals surface area contributed by atoms with Gasteiger partial charge in [-0.2, -0.15) is 5.26 Å². The Balaban J connectivity index is 1.74. The third-order valence-corrected chi connectivity index (χ3v) is 6.30. The fourth-order valence-corrected chi connectivity index (χ4v) is 4.13. The van der Waals surface area contributed by atoms with Gasteiger partial charge in [0.15, 0.2) is 0 Å². The van der Waals surface area contributed by atoms with Crippen molar-refractivity contribution in [3.8, 4) is 6.07 Å². The van der Waals surface area contributed by atoms with Gasteiger partial charge in [0.25, 0.3) is 5.91 Å². The van der Waals surface area contributed by atoms with E-state index in [1.54, 1.807) is 24.0 Å². The van der Waals surface area contributed by atoms with Crippen molar-refractivity contribution in [2.45, 2.75) is 59.7 Å². The van der Waals surface area contributed by atoms with Gasteiger partial charge in [-0.05, 0) is 70.9 Å². The lowest BCUT2D eigenvalue weighted by molar-refractivity contribution is 0.000534. The number of carbonyl (C=O) groups excluding carboxylic acids is 2. The first-order chi connectivity index (χ1) is 16.4. The molecule has 1 atom stereocenters. The number of halogens is 1. The van der Waals surface area contributed by atoms with Gasteiger partial charge < -0.3 is 15.0 Å². The third kappa shape index (κ3) is 6.71. The number of carbonyl (C=O) groups is 2. The normalized spacial score (nSPS) is 16.5. The van der Waals surface area contributed by atoms with E-state index in [-0.39, 0.29) is 18.0 Å². The molecular formula is C26H32ClN5O3. The molecule has 1 saturated heterocycles. The molecule has 0 bridgehead atoms. The number of pyridine rings is 1. The highest BCUT2D eigenvalue weighted by Gasteiger charge is 2.31. The van der Waals surface area contributed by atoms with Crippen molar-refractivity contribution in [1.29, 1.82) is 5.26 Å². The van der Waals surface area contributed by atoms with Gasteiger partial charge in [0.1, 0.15) is 5.60 Å². The second kappa shape index (κ2) is 10.6. The lowest BCUT2D eigenvalue weighted by Gasteiger charge is -2.40. The minimum Gasteiger partial charge on any atom is -0.444 e. The Morgan fingerprint density at radius 3 is 2.57 bits per heavy atom. The van der Waals surface area contributed by atoms with Crippen LogP contribution in [0.4, 0.5) is 10.5 Å². The minimum absolute atomic E-state index is 0.0176. The maximum atomic E-state index is 12.8. The number of benzene rings is 1. The molecule has 1 unspecified atom stereocenters. The van der Waals surface area contributed by atoms with Crippen LogP contribution in [0.3, 0.4) is 0 Å². The van der Waals surface area contributed by atoms with Crippen molar-refractivity contribution in [1.82, 2.24) is 14.8 Å². The quantitative estimate of drug-likeness (QED) is 0.643. The van der Waals surface area contributed by atoms with E-state index in [2.05, 4.69) is 21.3 Å². The maximum absolute atomic E-state index is 12.8. The molecule has 1 aliphatic rings. The van der Waals surface area contributed by atoms with Crippen molar-refractivity contribution >= 4 is 29.3 Å². The summed E-state index contributed by atoms with van der Waals surface area (Å²) in [6.45, 7) is 13.8. The number of hydrogen-bond donors (Lipinski definition) is 1. The molecule has 0 radical (unpaired) electrons. The number of anilines is 1. The summed E-state index contributed by atoms with van der Waals surface area (Å²) in [6.07, 6.45) is 1.18. The zero-order chi connectivity index (χ0) is 25.9. The van der Waals surface area contributed by atoms with Crippen LogP contribution in [-0.4, -0.2) is 58.1 Å². The van der Waals surface area contributed by atoms with Crippen molar-refractivity contribution < 1.29 is 14.3 Å². The zero-order valence-corrected chi connectivity index (χ0v) is 21.9. The Kier molecular flexibility index (Phi) is 8.04. The molecule has 1 N–H and O–H groups in total. The van der Waals surface area contributed by atoms with Crippen LogP contribution in [0, 0.1) is 25.2 Å². The van der Waals surface area contributed by atoms with E-state index in [0.29, 0.717) is 53.7 Å². The van der Waals surface area contributed by atoms with Crippen LogP contribution in [-0.2, 0) is 11.3 Å². The SMILES string of the molecule is Cc1ncc(C(=O)Nc2cc(C#N)cc(CN3CCN(C(=O)OC(C)(C)C)C(C)C3)c2C)cc1Cl. The lowest BCUT2D eigenvalue weighted by Crippen LogP contribution is -2.54. The smallest absolute Gasteiger partial charge is 0.410 e. The van der Waals surface area contributed by atoms with E-state index in [9.17, 15) is 14.9 Å². The lowest BCUT2D eigenvalue weighted by atomic mass is 10.0. The molecule has 2 amide bonds. The summed E-state index contributed by atoms with van der Waals surface area (Å²) >= 11 is 6.12. The summed E-state index contributed by atoms with van der Waals surface area (Å²) in [5, 5.41) is 12.9. The molecule has 2 heterocycles. The number of nitrogens with zero attached hydrogens (tertiary/aromatic N) is 4. The number of ether oxygens (including phenoxy) is 1. The molecule has 186 valence electrons. The Morgan fingerprint density at radius 1 is 1.26 bits per heavy atom. The zero-order valence-electron chi connectivity index (χ0n) is 21.1. The minimum atomic E-state index is -0.538. The van der Waals surface area contributed by atoms with Crippen LogP contribution in [0.25, 0.3) is 0 Å². The van der Waals surface area contributed by atoms with Crippen LogP contribution >= 0.6 is 11.6 Å². The average Bonchev–Trinajstić information content (AvgIpc) is 2.76. The predicted molar refractivity (Wildman–Crippen MR) is 136 cm³/mol. The fraction of sp³-hybridized carbons (Fsp3) is 0.462. The monoisotopic (exact) mass is 497 g/mol. The van der Waals surface area contributed by atoms with E-state index in [0.717, 1.165) is 11.1 Å². The Morgan fingerprint density at radius 2 is 1.97 bits per heavy atom. The molecule has 0 saturated carbocycles. The van der Waals surface area contributed by atoms with E-state index in [1.165, 1.54) is 6.20 Å². The Hall–Kier alpha value is -3.15. The second-order valence-electron chi connectivity index (χ2n) is 9.92. The number of aromatic nitrogens is 1. The second-order valence-corrected chi connectivity index (χ2v) is 10.3.